The summed E-state index contributed by atoms with van der Waals surface area (Å²) in [5.74, 6) is 1.78. The predicted octanol–water partition coefficient (Wildman–Crippen LogP) is 5.92. The van der Waals surface area contributed by atoms with E-state index in [9.17, 15) is 0 Å². The summed E-state index contributed by atoms with van der Waals surface area (Å²) >= 11 is 3.45. The van der Waals surface area contributed by atoms with E-state index in [0.29, 0.717) is 0 Å². The molecular weight excluding hydrogens is 396 g/mol. The van der Waals surface area contributed by atoms with E-state index in [0.717, 1.165) is 44.3 Å². The topological polar surface area (TPSA) is 46.5 Å². The van der Waals surface area contributed by atoms with Crippen LogP contribution in [0.15, 0.2) is 95.5 Å². The zero-order valence-corrected chi connectivity index (χ0v) is 17.8. The third-order valence-electron chi connectivity index (χ3n) is 4.36. The summed E-state index contributed by atoms with van der Waals surface area (Å²) in [5.41, 5.74) is 4.33. The number of nitrogens with zero attached hydrogens (tertiary/aromatic N) is 3. The standard InChI is InChI=1S/C23H22N4S2/c1-27-15-14-24-23(27)29-17-9-8-16-28-22-25-20(18-10-4-2-5-11-18)21(26-22)19-12-6-3-7-13-19/h2-15H,16-17H2,1H3,(H,25,26). The zero-order chi connectivity index (χ0) is 19.9. The van der Waals surface area contributed by atoms with Crippen LogP contribution in [0.1, 0.15) is 0 Å². The number of aromatic nitrogens is 4. The van der Waals surface area contributed by atoms with Crippen molar-refractivity contribution in [3.05, 3.63) is 85.2 Å². The van der Waals surface area contributed by atoms with E-state index in [1.54, 1.807) is 23.5 Å². The van der Waals surface area contributed by atoms with Crippen LogP contribution < -0.4 is 0 Å². The molecule has 0 spiro atoms. The fourth-order valence-electron chi connectivity index (χ4n) is 2.92. The Kier molecular flexibility index (Phi) is 6.54. The molecule has 0 radical (unpaired) electrons. The Hall–Kier alpha value is -2.70. The SMILES string of the molecule is Cn1ccnc1SCC=CCSc1nc(-c2ccccc2)c(-c2ccccc2)[nH]1. The van der Waals surface area contributed by atoms with E-state index < -0.39 is 0 Å². The quantitative estimate of drug-likeness (QED) is 0.285. The minimum absolute atomic E-state index is 0.872. The maximum absolute atomic E-state index is 4.88. The lowest BCUT2D eigenvalue weighted by Crippen LogP contribution is -1.88. The van der Waals surface area contributed by atoms with Crippen molar-refractivity contribution in [3.8, 4) is 22.5 Å². The molecule has 0 saturated heterocycles. The molecule has 0 fully saturated rings. The van der Waals surface area contributed by atoms with Crippen LogP contribution in [0.25, 0.3) is 22.5 Å². The van der Waals surface area contributed by atoms with Crippen LogP contribution in [-0.4, -0.2) is 31.0 Å². The van der Waals surface area contributed by atoms with Gasteiger partial charge in [0.15, 0.2) is 10.3 Å². The second kappa shape index (κ2) is 9.67. The molecule has 0 unspecified atom stereocenters. The Morgan fingerprint density at radius 1 is 0.897 bits per heavy atom. The van der Waals surface area contributed by atoms with Crippen LogP contribution in [0.3, 0.4) is 0 Å². The van der Waals surface area contributed by atoms with Crippen molar-refractivity contribution in [2.45, 2.75) is 10.3 Å². The lowest BCUT2D eigenvalue weighted by atomic mass is 10.1. The van der Waals surface area contributed by atoms with Crippen molar-refractivity contribution in [2.75, 3.05) is 11.5 Å². The molecule has 146 valence electrons. The summed E-state index contributed by atoms with van der Waals surface area (Å²) in [6.07, 6.45) is 8.17. The average molecular weight is 419 g/mol. The average Bonchev–Trinajstić information content (AvgIpc) is 3.38. The molecule has 0 aliphatic carbocycles. The monoisotopic (exact) mass is 418 g/mol. The van der Waals surface area contributed by atoms with Gasteiger partial charge in [-0.05, 0) is 0 Å². The summed E-state index contributed by atoms with van der Waals surface area (Å²) in [6, 6.07) is 20.7. The van der Waals surface area contributed by atoms with Crippen molar-refractivity contribution in [1.29, 1.82) is 0 Å². The number of nitrogens with one attached hydrogen (secondary N) is 1. The molecule has 0 aliphatic heterocycles. The van der Waals surface area contributed by atoms with Crippen LogP contribution in [0.2, 0.25) is 0 Å². The second-order valence-corrected chi connectivity index (χ2v) is 8.41. The summed E-state index contributed by atoms with van der Waals surface area (Å²) in [7, 11) is 2.01. The van der Waals surface area contributed by atoms with E-state index in [1.165, 1.54) is 0 Å². The molecule has 0 atom stereocenters. The normalized spacial score (nSPS) is 11.3. The van der Waals surface area contributed by atoms with Gasteiger partial charge in [0, 0.05) is 42.1 Å². The maximum Gasteiger partial charge on any atom is 0.167 e. The molecule has 0 amide bonds. The number of H-pyrrole nitrogens is 1. The lowest BCUT2D eigenvalue weighted by molar-refractivity contribution is 0.791. The Labute approximate surface area is 179 Å². The summed E-state index contributed by atoms with van der Waals surface area (Å²) in [6.45, 7) is 0. The second-order valence-electron chi connectivity index (χ2n) is 6.41. The molecule has 0 bridgehead atoms. The highest BCUT2D eigenvalue weighted by Gasteiger charge is 2.13. The highest BCUT2D eigenvalue weighted by Crippen LogP contribution is 2.32. The first-order valence-corrected chi connectivity index (χ1v) is 11.4. The molecular formula is C23H22N4S2. The molecule has 2 aromatic carbocycles. The number of aromatic amines is 1. The van der Waals surface area contributed by atoms with Crippen molar-refractivity contribution in [3.63, 3.8) is 0 Å². The van der Waals surface area contributed by atoms with Gasteiger partial charge in [-0.1, -0.05) is 96.3 Å². The molecule has 6 heteroatoms. The third kappa shape index (κ3) is 5.02. The minimum atomic E-state index is 0.872. The molecule has 0 saturated carbocycles. The van der Waals surface area contributed by atoms with Crippen LogP contribution >= 0.6 is 23.5 Å². The molecule has 29 heavy (non-hydrogen) atoms. The summed E-state index contributed by atoms with van der Waals surface area (Å²) in [5, 5.41) is 1.97. The van der Waals surface area contributed by atoms with Gasteiger partial charge in [-0.3, -0.25) is 0 Å². The van der Waals surface area contributed by atoms with Gasteiger partial charge in [0.25, 0.3) is 0 Å². The number of thioether (sulfide) groups is 2. The fourth-order valence-corrected chi connectivity index (χ4v) is 4.42. The smallest absolute Gasteiger partial charge is 0.167 e. The maximum atomic E-state index is 4.88. The van der Waals surface area contributed by atoms with Crippen molar-refractivity contribution in [2.24, 2.45) is 7.05 Å². The third-order valence-corrected chi connectivity index (χ3v) is 6.20. The van der Waals surface area contributed by atoms with Crippen LogP contribution in [0, 0.1) is 0 Å². The van der Waals surface area contributed by atoms with Gasteiger partial charge >= 0.3 is 0 Å². The number of imidazole rings is 2. The molecule has 1 N–H and O–H groups in total. The number of benzene rings is 2. The van der Waals surface area contributed by atoms with Gasteiger partial charge in [-0.2, -0.15) is 0 Å². The van der Waals surface area contributed by atoms with Gasteiger partial charge in [-0.15, -0.1) is 0 Å². The number of hydrogen-bond acceptors (Lipinski definition) is 4. The van der Waals surface area contributed by atoms with E-state index in [-0.39, 0.29) is 0 Å². The van der Waals surface area contributed by atoms with Crippen LogP contribution in [-0.2, 0) is 7.05 Å². The highest BCUT2D eigenvalue weighted by atomic mass is 32.2. The van der Waals surface area contributed by atoms with E-state index in [4.69, 9.17) is 4.98 Å². The van der Waals surface area contributed by atoms with Crippen molar-refractivity contribution in [1.82, 2.24) is 19.5 Å². The minimum Gasteiger partial charge on any atom is -0.332 e. The Morgan fingerprint density at radius 2 is 1.55 bits per heavy atom. The first-order chi connectivity index (χ1) is 14.3. The Morgan fingerprint density at radius 3 is 2.21 bits per heavy atom. The first kappa shape index (κ1) is 19.6. The number of aryl methyl sites for hydroxylation is 1. The molecule has 4 rings (SSSR count). The molecule has 2 heterocycles. The molecule has 4 aromatic rings. The van der Waals surface area contributed by atoms with Crippen LogP contribution in [0.5, 0.6) is 0 Å². The lowest BCUT2D eigenvalue weighted by Gasteiger charge is -2.02. The highest BCUT2D eigenvalue weighted by molar-refractivity contribution is 7.99. The largest absolute Gasteiger partial charge is 0.332 e. The van der Waals surface area contributed by atoms with Gasteiger partial charge in [0.2, 0.25) is 0 Å². The van der Waals surface area contributed by atoms with Crippen molar-refractivity contribution < 1.29 is 0 Å². The number of hydrogen-bond donors (Lipinski definition) is 1. The molecule has 2 aromatic heterocycles. The summed E-state index contributed by atoms with van der Waals surface area (Å²) < 4.78 is 2.03. The van der Waals surface area contributed by atoms with Gasteiger partial charge in [-0.25, -0.2) is 9.97 Å². The first-order valence-electron chi connectivity index (χ1n) is 9.40. The predicted molar refractivity (Wildman–Crippen MR) is 123 cm³/mol. The van der Waals surface area contributed by atoms with Crippen LogP contribution in [0.4, 0.5) is 0 Å². The zero-order valence-electron chi connectivity index (χ0n) is 16.2. The van der Waals surface area contributed by atoms with Gasteiger partial charge in [0.1, 0.15) is 0 Å². The van der Waals surface area contributed by atoms with E-state index in [1.807, 2.05) is 48.3 Å². The number of rotatable bonds is 8. The summed E-state index contributed by atoms with van der Waals surface area (Å²) in [4.78, 5) is 12.7. The molecule has 0 aliphatic rings. The Balaban J connectivity index is 1.43. The van der Waals surface area contributed by atoms with E-state index in [2.05, 4.69) is 58.5 Å². The van der Waals surface area contributed by atoms with Gasteiger partial charge in [0.05, 0.1) is 11.4 Å². The van der Waals surface area contributed by atoms with Crippen molar-refractivity contribution >= 4 is 23.5 Å². The molecule has 4 nitrogen and oxygen atoms in total. The van der Waals surface area contributed by atoms with E-state index >= 15 is 0 Å². The van der Waals surface area contributed by atoms with Gasteiger partial charge < -0.3 is 9.55 Å². The fraction of sp³-hybridized carbons (Fsp3) is 0.130. The Bertz CT molecular complexity index is 1010.